The highest BCUT2D eigenvalue weighted by Crippen LogP contribution is 2.32. The van der Waals surface area contributed by atoms with Crippen LogP contribution in [0.1, 0.15) is 11.1 Å². The van der Waals surface area contributed by atoms with E-state index >= 15 is 0 Å². The molecule has 31 heavy (non-hydrogen) atoms. The molecule has 1 heterocycles. The van der Waals surface area contributed by atoms with Gasteiger partial charge in [0.15, 0.2) is 5.13 Å². The lowest BCUT2D eigenvalue weighted by Crippen LogP contribution is -2.31. The molecule has 0 aliphatic rings. The van der Waals surface area contributed by atoms with Crippen LogP contribution in [0.2, 0.25) is 0 Å². The van der Waals surface area contributed by atoms with Gasteiger partial charge in [0, 0.05) is 0 Å². The van der Waals surface area contributed by atoms with Gasteiger partial charge in [0.25, 0.3) is 0 Å². The molecule has 0 aliphatic carbocycles. The third kappa shape index (κ3) is 3.92. The molecule has 0 fully saturated rings. The Bertz CT molecular complexity index is 1380. The number of carbonyl (C=O) groups is 1. The van der Waals surface area contributed by atoms with E-state index in [9.17, 15) is 9.18 Å². The zero-order valence-corrected chi connectivity index (χ0v) is 17.5. The molecule has 5 aromatic rings. The number of nitrogens with zero attached hydrogens (tertiary/aromatic N) is 2. The molecule has 1 aromatic heterocycles. The highest BCUT2D eigenvalue weighted by atomic mass is 32.1. The van der Waals surface area contributed by atoms with Gasteiger partial charge in [-0.05, 0) is 34.0 Å². The van der Waals surface area contributed by atoms with Gasteiger partial charge in [0.05, 0.1) is 17.7 Å². The van der Waals surface area contributed by atoms with Gasteiger partial charge in [-0.1, -0.05) is 90.2 Å². The van der Waals surface area contributed by atoms with Gasteiger partial charge in [-0.25, -0.2) is 9.37 Å². The van der Waals surface area contributed by atoms with E-state index in [0.717, 1.165) is 26.6 Å². The number of thiazole rings is 1. The number of hydrogen-bond acceptors (Lipinski definition) is 3. The number of amides is 1. The number of benzene rings is 4. The van der Waals surface area contributed by atoms with Gasteiger partial charge in [-0.3, -0.25) is 9.69 Å². The lowest BCUT2D eigenvalue weighted by atomic mass is 10.0. The van der Waals surface area contributed by atoms with Crippen molar-refractivity contribution in [2.75, 3.05) is 4.90 Å². The summed E-state index contributed by atoms with van der Waals surface area (Å²) in [5, 5.41) is 2.67. The standard InChI is InChI=1S/C26H19FN2OS/c27-22-14-7-15-23-25(22)28-26(31-23)29(17-18-8-2-1-3-9-18)24(30)16-20-12-6-11-19-10-4-5-13-21(19)20/h1-15H,16-17H2. The smallest absolute Gasteiger partial charge is 0.233 e. The van der Waals surface area contributed by atoms with E-state index in [1.54, 1.807) is 11.0 Å². The van der Waals surface area contributed by atoms with Crippen LogP contribution in [0.3, 0.4) is 0 Å². The second kappa shape index (κ2) is 8.28. The molecule has 4 aromatic carbocycles. The van der Waals surface area contributed by atoms with Crippen molar-refractivity contribution in [1.82, 2.24) is 4.98 Å². The number of halogens is 1. The average molecular weight is 427 g/mol. The van der Waals surface area contributed by atoms with Gasteiger partial charge in [-0.15, -0.1) is 0 Å². The first kappa shape index (κ1) is 19.4. The first-order chi connectivity index (χ1) is 15.2. The van der Waals surface area contributed by atoms with Crippen LogP contribution in [0, 0.1) is 5.82 Å². The topological polar surface area (TPSA) is 33.2 Å². The molecule has 0 atom stereocenters. The van der Waals surface area contributed by atoms with Crippen molar-refractivity contribution in [2.45, 2.75) is 13.0 Å². The molecule has 5 rings (SSSR count). The van der Waals surface area contributed by atoms with Gasteiger partial charge in [0.1, 0.15) is 11.3 Å². The van der Waals surface area contributed by atoms with Gasteiger partial charge >= 0.3 is 0 Å². The highest BCUT2D eigenvalue weighted by Gasteiger charge is 2.22. The van der Waals surface area contributed by atoms with E-state index < -0.39 is 0 Å². The van der Waals surface area contributed by atoms with Crippen LogP contribution in [0.25, 0.3) is 21.0 Å². The maximum atomic E-state index is 14.3. The predicted molar refractivity (Wildman–Crippen MR) is 125 cm³/mol. The lowest BCUT2D eigenvalue weighted by Gasteiger charge is -2.20. The van der Waals surface area contributed by atoms with Crippen molar-refractivity contribution in [2.24, 2.45) is 0 Å². The zero-order valence-electron chi connectivity index (χ0n) is 16.7. The Balaban J connectivity index is 1.54. The van der Waals surface area contributed by atoms with Crippen LogP contribution in [-0.2, 0) is 17.8 Å². The summed E-state index contributed by atoms with van der Waals surface area (Å²) in [4.78, 5) is 19.7. The van der Waals surface area contributed by atoms with E-state index in [0.29, 0.717) is 17.2 Å². The van der Waals surface area contributed by atoms with Crippen molar-refractivity contribution >= 4 is 43.4 Å². The summed E-state index contributed by atoms with van der Waals surface area (Å²) < 4.78 is 15.0. The van der Waals surface area contributed by atoms with Gasteiger partial charge in [-0.2, -0.15) is 0 Å². The normalized spacial score (nSPS) is 11.1. The summed E-state index contributed by atoms with van der Waals surface area (Å²) in [7, 11) is 0. The predicted octanol–water partition coefficient (Wildman–Crippen LogP) is 6.36. The van der Waals surface area contributed by atoms with E-state index in [1.165, 1.54) is 17.4 Å². The van der Waals surface area contributed by atoms with Crippen LogP contribution in [-0.4, -0.2) is 10.9 Å². The second-order valence-electron chi connectivity index (χ2n) is 7.36. The number of rotatable bonds is 5. The number of para-hydroxylation sites is 1. The van der Waals surface area contributed by atoms with E-state index in [-0.39, 0.29) is 18.1 Å². The summed E-state index contributed by atoms with van der Waals surface area (Å²) in [6.07, 6.45) is 0.243. The van der Waals surface area contributed by atoms with E-state index in [2.05, 4.69) is 4.98 Å². The highest BCUT2D eigenvalue weighted by molar-refractivity contribution is 7.22. The molecule has 1 amide bonds. The molecule has 0 spiro atoms. The Kier molecular flexibility index (Phi) is 5.18. The van der Waals surface area contributed by atoms with Crippen molar-refractivity contribution in [3.8, 4) is 0 Å². The summed E-state index contributed by atoms with van der Waals surface area (Å²) in [6.45, 7) is 0.381. The number of aromatic nitrogens is 1. The van der Waals surface area contributed by atoms with Crippen molar-refractivity contribution < 1.29 is 9.18 Å². The molecule has 152 valence electrons. The molecular weight excluding hydrogens is 407 g/mol. The molecule has 0 aliphatic heterocycles. The van der Waals surface area contributed by atoms with Crippen LogP contribution in [0.5, 0.6) is 0 Å². The van der Waals surface area contributed by atoms with Crippen LogP contribution in [0.4, 0.5) is 9.52 Å². The van der Waals surface area contributed by atoms with Crippen LogP contribution < -0.4 is 4.90 Å². The van der Waals surface area contributed by atoms with Crippen LogP contribution in [0.15, 0.2) is 91.0 Å². The third-order valence-corrected chi connectivity index (χ3v) is 6.34. The third-order valence-electron chi connectivity index (χ3n) is 5.30. The number of anilines is 1. The first-order valence-corrected chi connectivity index (χ1v) is 10.9. The zero-order chi connectivity index (χ0) is 21.2. The minimum absolute atomic E-state index is 0.0697. The first-order valence-electron chi connectivity index (χ1n) is 10.0. The maximum Gasteiger partial charge on any atom is 0.233 e. The maximum absolute atomic E-state index is 14.3. The van der Waals surface area contributed by atoms with Crippen molar-refractivity contribution in [3.05, 3.63) is 108 Å². The molecule has 3 nitrogen and oxygen atoms in total. The summed E-state index contributed by atoms with van der Waals surface area (Å²) in [6, 6.07) is 28.7. The van der Waals surface area contributed by atoms with E-state index in [1.807, 2.05) is 78.9 Å². The summed E-state index contributed by atoms with van der Waals surface area (Å²) in [5.41, 5.74) is 2.26. The largest absolute Gasteiger partial charge is 0.283 e. The number of hydrogen-bond donors (Lipinski definition) is 0. The molecule has 0 N–H and O–H groups in total. The van der Waals surface area contributed by atoms with Gasteiger partial charge < -0.3 is 0 Å². The Hall–Kier alpha value is -3.57. The quantitative estimate of drug-likeness (QED) is 0.327. The molecule has 0 radical (unpaired) electrons. The number of carbonyl (C=O) groups excluding carboxylic acids is 1. The Morgan fingerprint density at radius 3 is 2.45 bits per heavy atom. The summed E-state index contributed by atoms with van der Waals surface area (Å²) >= 11 is 1.34. The number of fused-ring (bicyclic) bond motifs is 2. The Labute approximate surface area is 183 Å². The molecule has 0 saturated carbocycles. The van der Waals surface area contributed by atoms with Crippen molar-refractivity contribution in [3.63, 3.8) is 0 Å². The van der Waals surface area contributed by atoms with Crippen molar-refractivity contribution in [1.29, 1.82) is 0 Å². The molecular formula is C26H19FN2OS. The lowest BCUT2D eigenvalue weighted by molar-refractivity contribution is -0.118. The fourth-order valence-electron chi connectivity index (χ4n) is 3.75. The fraction of sp³-hybridized carbons (Fsp3) is 0.0769. The minimum atomic E-state index is -0.374. The van der Waals surface area contributed by atoms with Crippen LogP contribution >= 0.6 is 11.3 Å². The molecule has 0 unspecified atom stereocenters. The SMILES string of the molecule is O=C(Cc1cccc2ccccc12)N(Cc1ccccc1)c1nc2c(F)cccc2s1. The average Bonchev–Trinajstić information content (AvgIpc) is 3.24. The molecule has 0 saturated heterocycles. The fourth-order valence-corrected chi connectivity index (χ4v) is 4.75. The Morgan fingerprint density at radius 1 is 0.871 bits per heavy atom. The van der Waals surface area contributed by atoms with E-state index in [4.69, 9.17) is 0 Å². The minimum Gasteiger partial charge on any atom is -0.283 e. The molecule has 0 bridgehead atoms. The monoisotopic (exact) mass is 426 g/mol. The van der Waals surface area contributed by atoms with Gasteiger partial charge in [0.2, 0.25) is 5.91 Å². The Morgan fingerprint density at radius 2 is 1.61 bits per heavy atom. The second-order valence-corrected chi connectivity index (χ2v) is 8.37. The summed E-state index contributed by atoms with van der Waals surface area (Å²) in [5.74, 6) is -0.444. The molecule has 5 heteroatoms.